The molecule has 3 rings (SSSR count). The van der Waals surface area contributed by atoms with Gasteiger partial charge in [-0.3, -0.25) is 10.1 Å². The number of methoxy groups -OCH3 is 1. The fourth-order valence-electron chi connectivity index (χ4n) is 2.43. The summed E-state index contributed by atoms with van der Waals surface area (Å²) in [6.45, 7) is 1.93. The molecule has 8 heteroatoms. The number of aryl methyl sites for hydroxylation is 1. The summed E-state index contributed by atoms with van der Waals surface area (Å²) in [5, 5.41) is 5.78. The Hall–Kier alpha value is -1.96. The highest BCUT2D eigenvalue weighted by atomic mass is 35.5. The summed E-state index contributed by atoms with van der Waals surface area (Å²) in [4.78, 5) is 12.1. The second-order valence-corrected chi connectivity index (χ2v) is 6.69. The molecule has 0 bridgehead atoms. The molecule has 1 aliphatic heterocycles. The van der Waals surface area contributed by atoms with Crippen molar-refractivity contribution < 1.29 is 18.7 Å². The maximum atomic E-state index is 14.3. The van der Waals surface area contributed by atoms with Gasteiger partial charge in [0, 0.05) is 23.4 Å². The third kappa shape index (κ3) is 4.81. The first-order valence-electron chi connectivity index (χ1n) is 7.81. The lowest BCUT2D eigenvalue weighted by Crippen LogP contribution is -2.37. The van der Waals surface area contributed by atoms with Crippen LogP contribution in [0.1, 0.15) is 5.56 Å². The Morgan fingerprint density at radius 2 is 2.00 bits per heavy atom. The number of amides is 1. The van der Waals surface area contributed by atoms with Crippen molar-refractivity contribution in [2.45, 2.75) is 13.0 Å². The number of nitrogens with one attached hydrogen (secondary N) is 2. The first-order chi connectivity index (χ1) is 12.1. The molecule has 5 nitrogen and oxygen atoms in total. The van der Waals surface area contributed by atoms with Crippen LogP contribution < -0.4 is 20.1 Å². The molecule has 0 aromatic heterocycles. The highest BCUT2D eigenvalue weighted by molar-refractivity contribution is 7.99. The van der Waals surface area contributed by atoms with Crippen molar-refractivity contribution in [2.24, 2.45) is 0 Å². The van der Waals surface area contributed by atoms with Crippen molar-refractivity contribution in [3.8, 4) is 17.2 Å². The summed E-state index contributed by atoms with van der Waals surface area (Å²) in [6.07, 6.45) is 0. The van der Waals surface area contributed by atoms with Crippen molar-refractivity contribution >= 4 is 35.8 Å². The lowest BCUT2D eigenvalue weighted by Gasteiger charge is -2.13. The number of halogens is 2. The smallest absolute Gasteiger partial charge is 0.242 e. The van der Waals surface area contributed by atoms with Gasteiger partial charge in [-0.05, 0) is 36.8 Å². The highest BCUT2D eigenvalue weighted by Crippen LogP contribution is 2.34. The van der Waals surface area contributed by atoms with Crippen LogP contribution in [-0.4, -0.2) is 30.7 Å². The third-order valence-corrected chi connectivity index (χ3v) is 4.71. The molecule has 2 N–H and O–H groups in total. The molecule has 0 spiro atoms. The molecule has 1 amide bonds. The zero-order chi connectivity index (χ0) is 17.8. The van der Waals surface area contributed by atoms with E-state index in [4.69, 9.17) is 9.47 Å². The topological polar surface area (TPSA) is 59.6 Å². The van der Waals surface area contributed by atoms with Gasteiger partial charge in [0.05, 0.1) is 13.2 Å². The zero-order valence-corrected chi connectivity index (χ0v) is 16.0. The Labute approximate surface area is 162 Å². The third-order valence-electron chi connectivity index (χ3n) is 3.77. The summed E-state index contributed by atoms with van der Waals surface area (Å²) in [5.74, 6) is 1.75. The fourth-order valence-corrected chi connectivity index (χ4v) is 3.37. The van der Waals surface area contributed by atoms with Gasteiger partial charge in [-0.25, -0.2) is 4.39 Å². The number of anilines is 1. The second-order valence-electron chi connectivity index (χ2n) is 5.66. The second kappa shape index (κ2) is 9.12. The van der Waals surface area contributed by atoms with Crippen LogP contribution in [0.15, 0.2) is 36.4 Å². The van der Waals surface area contributed by atoms with E-state index in [1.165, 1.54) is 19.2 Å². The standard InChI is InChI=1S/C18H19FN2O3S.ClH/c1-11-3-5-16(17(7-11)23-2)24-15-6-4-12(8-13(15)19)21-18(22)14-9-25-10-20-14;/h3-8,14,20H,9-10H2,1-2H3,(H,21,22);1H. The molecule has 1 unspecified atom stereocenters. The number of benzene rings is 2. The molecule has 140 valence electrons. The molecule has 1 aliphatic rings. The average molecular weight is 399 g/mol. The van der Waals surface area contributed by atoms with Crippen LogP contribution in [-0.2, 0) is 4.79 Å². The van der Waals surface area contributed by atoms with E-state index >= 15 is 0 Å². The molecule has 1 fully saturated rings. The quantitative estimate of drug-likeness (QED) is 0.798. The van der Waals surface area contributed by atoms with E-state index in [1.54, 1.807) is 23.9 Å². The summed E-state index contributed by atoms with van der Waals surface area (Å²) < 4.78 is 25.2. The monoisotopic (exact) mass is 398 g/mol. The molecule has 1 heterocycles. The number of rotatable bonds is 5. The van der Waals surface area contributed by atoms with Gasteiger partial charge < -0.3 is 14.8 Å². The number of ether oxygens (including phenoxy) is 2. The van der Waals surface area contributed by atoms with Crippen LogP contribution in [0.4, 0.5) is 10.1 Å². The maximum absolute atomic E-state index is 14.3. The molecular weight excluding hydrogens is 379 g/mol. The van der Waals surface area contributed by atoms with E-state index in [0.717, 1.165) is 11.4 Å². The molecule has 2 aromatic carbocycles. The van der Waals surface area contributed by atoms with Gasteiger partial charge in [0.15, 0.2) is 23.1 Å². The Morgan fingerprint density at radius 3 is 2.65 bits per heavy atom. The molecule has 1 atom stereocenters. The van der Waals surface area contributed by atoms with Crippen LogP contribution in [0.25, 0.3) is 0 Å². The molecule has 0 aliphatic carbocycles. The first kappa shape index (κ1) is 20.4. The molecule has 1 saturated heterocycles. The molecule has 26 heavy (non-hydrogen) atoms. The van der Waals surface area contributed by atoms with E-state index in [-0.39, 0.29) is 30.1 Å². The van der Waals surface area contributed by atoms with Crippen LogP contribution in [0, 0.1) is 12.7 Å². The Bertz CT molecular complexity index is 785. The summed E-state index contributed by atoms with van der Waals surface area (Å²) in [6, 6.07) is 9.50. The van der Waals surface area contributed by atoms with Crippen molar-refractivity contribution in [3.05, 3.63) is 47.8 Å². The summed E-state index contributed by atoms with van der Waals surface area (Å²) >= 11 is 1.65. The fraction of sp³-hybridized carbons (Fsp3) is 0.278. The number of hydrogen-bond donors (Lipinski definition) is 2. The first-order valence-corrected chi connectivity index (χ1v) is 8.96. The van der Waals surface area contributed by atoms with E-state index in [0.29, 0.717) is 22.9 Å². The minimum absolute atomic E-state index is 0. The van der Waals surface area contributed by atoms with Crippen LogP contribution >= 0.6 is 24.2 Å². The van der Waals surface area contributed by atoms with E-state index in [2.05, 4.69) is 10.6 Å². The highest BCUT2D eigenvalue weighted by Gasteiger charge is 2.22. The van der Waals surface area contributed by atoms with Crippen LogP contribution in [0.2, 0.25) is 0 Å². The SMILES string of the molecule is COc1cc(C)ccc1Oc1ccc(NC(=O)C2CSCN2)cc1F.Cl. The van der Waals surface area contributed by atoms with Gasteiger partial charge in [0.1, 0.15) is 0 Å². The van der Waals surface area contributed by atoms with Crippen molar-refractivity contribution in [3.63, 3.8) is 0 Å². The van der Waals surface area contributed by atoms with Crippen molar-refractivity contribution in [2.75, 3.05) is 24.1 Å². The average Bonchev–Trinajstić information content (AvgIpc) is 3.13. The van der Waals surface area contributed by atoms with E-state index in [9.17, 15) is 9.18 Å². The van der Waals surface area contributed by atoms with Gasteiger partial charge in [-0.2, -0.15) is 0 Å². The normalized spacial score (nSPS) is 15.9. The van der Waals surface area contributed by atoms with E-state index < -0.39 is 5.82 Å². The van der Waals surface area contributed by atoms with Crippen molar-refractivity contribution in [1.82, 2.24) is 5.32 Å². The molecule has 2 aromatic rings. The summed E-state index contributed by atoms with van der Waals surface area (Å²) in [7, 11) is 1.53. The van der Waals surface area contributed by atoms with Gasteiger partial charge in [-0.1, -0.05) is 6.07 Å². The van der Waals surface area contributed by atoms with Gasteiger partial charge in [-0.15, -0.1) is 24.2 Å². The van der Waals surface area contributed by atoms with Gasteiger partial charge in [0.25, 0.3) is 0 Å². The van der Waals surface area contributed by atoms with Crippen LogP contribution in [0.5, 0.6) is 17.2 Å². The predicted octanol–water partition coefficient (Wildman–Crippen LogP) is 3.96. The molecule has 0 radical (unpaired) electrons. The Morgan fingerprint density at radius 1 is 1.23 bits per heavy atom. The lowest BCUT2D eigenvalue weighted by atomic mass is 10.2. The Balaban J connectivity index is 0.00000243. The number of carbonyl (C=O) groups is 1. The van der Waals surface area contributed by atoms with Gasteiger partial charge >= 0.3 is 0 Å². The van der Waals surface area contributed by atoms with Crippen LogP contribution in [0.3, 0.4) is 0 Å². The predicted molar refractivity (Wildman–Crippen MR) is 104 cm³/mol. The number of hydrogen-bond acceptors (Lipinski definition) is 5. The molecular formula is C18H20ClFN2O3S. The summed E-state index contributed by atoms with van der Waals surface area (Å²) in [5.41, 5.74) is 1.41. The largest absolute Gasteiger partial charge is 0.493 e. The maximum Gasteiger partial charge on any atom is 0.242 e. The van der Waals surface area contributed by atoms with Crippen molar-refractivity contribution in [1.29, 1.82) is 0 Å². The number of thioether (sulfide) groups is 1. The molecule has 0 saturated carbocycles. The number of carbonyl (C=O) groups excluding carboxylic acids is 1. The minimum atomic E-state index is -0.561. The Kier molecular flexibility index (Phi) is 7.14. The lowest BCUT2D eigenvalue weighted by molar-refractivity contribution is -0.117. The minimum Gasteiger partial charge on any atom is -0.493 e. The van der Waals surface area contributed by atoms with E-state index in [1.807, 2.05) is 19.1 Å². The zero-order valence-electron chi connectivity index (χ0n) is 14.4. The van der Waals surface area contributed by atoms with Gasteiger partial charge in [0.2, 0.25) is 5.91 Å².